The van der Waals surface area contributed by atoms with E-state index in [4.69, 9.17) is 23.2 Å². The van der Waals surface area contributed by atoms with Crippen LogP contribution >= 0.6 is 23.2 Å². The molecule has 0 saturated carbocycles. The maximum atomic E-state index is 14.0. The maximum absolute atomic E-state index is 14.0. The summed E-state index contributed by atoms with van der Waals surface area (Å²) >= 11 is 12.5. The lowest BCUT2D eigenvalue weighted by Gasteiger charge is -2.32. The topological polar surface area (TPSA) is 86.8 Å². The van der Waals surface area contributed by atoms with E-state index in [0.717, 1.165) is 21.9 Å². The number of carbonyl (C=O) groups is 2. The molecule has 0 heterocycles. The molecule has 0 fully saturated rings. The second-order valence-electron chi connectivity index (χ2n) is 9.84. The van der Waals surface area contributed by atoms with Gasteiger partial charge in [0.1, 0.15) is 12.6 Å². The number of carbonyl (C=O) groups excluding carboxylic acids is 2. The number of benzene rings is 3. The molecule has 40 heavy (non-hydrogen) atoms. The van der Waals surface area contributed by atoms with Gasteiger partial charge in [-0.25, -0.2) is 8.42 Å². The minimum atomic E-state index is -4.14. The molecule has 0 aliphatic carbocycles. The smallest absolute Gasteiger partial charge is 0.264 e. The second kappa shape index (κ2) is 13.5. The molecule has 1 N–H and O–H groups in total. The lowest BCUT2D eigenvalue weighted by Crippen LogP contribution is -2.51. The summed E-state index contributed by atoms with van der Waals surface area (Å²) in [7, 11) is -4.14. The van der Waals surface area contributed by atoms with Gasteiger partial charge in [-0.15, -0.1) is 0 Å². The van der Waals surface area contributed by atoms with E-state index in [9.17, 15) is 18.0 Å². The summed E-state index contributed by atoms with van der Waals surface area (Å²) in [6.07, 6.45) is 0.727. The van der Waals surface area contributed by atoms with Gasteiger partial charge in [-0.2, -0.15) is 0 Å². The Labute approximate surface area is 247 Å². The number of rotatable bonds is 11. The molecule has 0 unspecified atom stereocenters. The third-order valence-electron chi connectivity index (χ3n) is 6.58. The van der Waals surface area contributed by atoms with Crippen molar-refractivity contribution in [3.05, 3.63) is 93.0 Å². The minimum Gasteiger partial charge on any atom is -0.354 e. The highest BCUT2D eigenvalue weighted by Gasteiger charge is 2.33. The Balaban J connectivity index is 2.07. The van der Waals surface area contributed by atoms with E-state index in [1.807, 2.05) is 26.8 Å². The first-order valence-corrected chi connectivity index (χ1v) is 15.2. The fourth-order valence-corrected chi connectivity index (χ4v) is 6.19. The molecular weight excluding hydrogens is 569 g/mol. The van der Waals surface area contributed by atoms with Crippen molar-refractivity contribution < 1.29 is 18.0 Å². The van der Waals surface area contributed by atoms with E-state index < -0.39 is 28.5 Å². The first-order chi connectivity index (χ1) is 18.8. The Morgan fingerprint density at radius 3 is 2.17 bits per heavy atom. The molecule has 7 nitrogen and oxygen atoms in total. The normalized spacial score (nSPS) is 12.1. The van der Waals surface area contributed by atoms with Crippen molar-refractivity contribution in [2.75, 3.05) is 17.4 Å². The Hall–Kier alpha value is -3.07. The summed E-state index contributed by atoms with van der Waals surface area (Å²) in [6.45, 7) is 9.04. The van der Waals surface area contributed by atoms with Crippen LogP contribution in [-0.4, -0.2) is 44.3 Å². The molecule has 0 aliphatic rings. The van der Waals surface area contributed by atoms with Gasteiger partial charge >= 0.3 is 0 Å². The summed E-state index contributed by atoms with van der Waals surface area (Å²) in [5, 5.41) is 3.59. The average Bonchev–Trinajstić information content (AvgIpc) is 2.90. The number of anilines is 1. The van der Waals surface area contributed by atoms with Gasteiger partial charge in [0, 0.05) is 23.1 Å². The van der Waals surface area contributed by atoms with Gasteiger partial charge in [-0.1, -0.05) is 71.6 Å². The number of aryl methyl sites for hydroxylation is 3. The molecule has 2 amide bonds. The van der Waals surface area contributed by atoms with Crippen molar-refractivity contribution >= 4 is 50.7 Å². The largest absolute Gasteiger partial charge is 0.354 e. The molecule has 3 aromatic rings. The van der Waals surface area contributed by atoms with Crippen molar-refractivity contribution in [2.24, 2.45) is 0 Å². The highest BCUT2D eigenvalue weighted by atomic mass is 35.5. The van der Waals surface area contributed by atoms with Gasteiger partial charge in [0.25, 0.3) is 10.0 Å². The number of nitrogens with one attached hydrogen (secondary N) is 1. The number of halogens is 2. The second-order valence-corrected chi connectivity index (χ2v) is 12.5. The van der Waals surface area contributed by atoms with E-state index in [2.05, 4.69) is 5.32 Å². The van der Waals surface area contributed by atoms with Crippen molar-refractivity contribution in [3.8, 4) is 0 Å². The molecule has 0 aliphatic heterocycles. The highest BCUT2D eigenvalue weighted by Crippen LogP contribution is 2.29. The zero-order valence-electron chi connectivity index (χ0n) is 23.4. The van der Waals surface area contributed by atoms with Crippen LogP contribution in [0.2, 0.25) is 10.0 Å². The van der Waals surface area contributed by atoms with Gasteiger partial charge in [0.15, 0.2) is 0 Å². The molecule has 10 heteroatoms. The van der Waals surface area contributed by atoms with Crippen molar-refractivity contribution in [2.45, 2.75) is 58.5 Å². The number of hydrogen-bond donors (Lipinski definition) is 1. The van der Waals surface area contributed by atoms with Crippen LogP contribution < -0.4 is 9.62 Å². The highest BCUT2D eigenvalue weighted by molar-refractivity contribution is 7.92. The van der Waals surface area contributed by atoms with Crippen LogP contribution in [0.5, 0.6) is 0 Å². The molecule has 3 rings (SSSR count). The third-order valence-corrected chi connectivity index (χ3v) is 8.94. The van der Waals surface area contributed by atoms with E-state index in [1.165, 1.54) is 17.0 Å². The van der Waals surface area contributed by atoms with Crippen molar-refractivity contribution in [1.29, 1.82) is 0 Å². The van der Waals surface area contributed by atoms with Crippen LogP contribution in [0.3, 0.4) is 0 Å². The van der Waals surface area contributed by atoms with Crippen LogP contribution in [0, 0.1) is 20.8 Å². The number of sulfonamides is 1. The lowest BCUT2D eigenvalue weighted by atomic mass is 10.1. The zero-order chi connectivity index (χ0) is 29.6. The van der Waals surface area contributed by atoms with Crippen molar-refractivity contribution in [1.82, 2.24) is 10.2 Å². The van der Waals surface area contributed by atoms with Crippen LogP contribution in [0.4, 0.5) is 5.69 Å². The molecular formula is C30H35Cl2N3O4S. The molecule has 0 spiro atoms. The number of hydrogen-bond acceptors (Lipinski definition) is 4. The molecule has 0 aromatic heterocycles. The van der Waals surface area contributed by atoms with E-state index >= 15 is 0 Å². The van der Waals surface area contributed by atoms with Gasteiger partial charge in [-0.05, 0) is 75.6 Å². The Kier molecular flexibility index (Phi) is 10.6. The van der Waals surface area contributed by atoms with Gasteiger partial charge < -0.3 is 10.2 Å². The Bertz CT molecular complexity index is 1480. The average molecular weight is 605 g/mol. The summed E-state index contributed by atoms with van der Waals surface area (Å²) in [5.74, 6) is -0.902. The maximum Gasteiger partial charge on any atom is 0.264 e. The van der Waals surface area contributed by atoms with E-state index in [1.54, 1.807) is 56.3 Å². The number of amides is 2. The van der Waals surface area contributed by atoms with Crippen LogP contribution in [-0.2, 0) is 26.2 Å². The summed E-state index contributed by atoms with van der Waals surface area (Å²) in [4.78, 5) is 28.4. The SMILES string of the molecule is CCCNC(=O)[C@H](C)N(Cc1ccc(Cl)cc1Cl)C(=O)CN(c1ccc(C)cc1C)S(=O)(=O)c1ccc(C)cc1. The van der Waals surface area contributed by atoms with E-state index in [-0.39, 0.29) is 17.3 Å². The molecule has 0 saturated heterocycles. The van der Waals surface area contributed by atoms with Crippen LogP contribution in [0.15, 0.2) is 65.6 Å². The fourth-order valence-electron chi connectivity index (χ4n) is 4.25. The Morgan fingerprint density at radius 2 is 1.57 bits per heavy atom. The minimum absolute atomic E-state index is 0.0130. The lowest BCUT2D eigenvalue weighted by molar-refractivity contribution is -0.139. The third kappa shape index (κ3) is 7.56. The summed E-state index contributed by atoms with van der Waals surface area (Å²) in [5.41, 5.74) is 3.53. The molecule has 3 aromatic carbocycles. The predicted octanol–water partition coefficient (Wildman–Crippen LogP) is 6.06. The summed E-state index contributed by atoms with van der Waals surface area (Å²) in [6, 6.07) is 15.8. The van der Waals surface area contributed by atoms with E-state index in [0.29, 0.717) is 33.4 Å². The van der Waals surface area contributed by atoms with Crippen LogP contribution in [0.1, 0.15) is 42.5 Å². The van der Waals surface area contributed by atoms with Gasteiger partial charge in [0.2, 0.25) is 11.8 Å². The van der Waals surface area contributed by atoms with Gasteiger partial charge in [0.05, 0.1) is 10.6 Å². The monoisotopic (exact) mass is 603 g/mol. The molecule has 1 atom stereocenters. The zero-order valence-corrected chi connectivity index (χ0v) is 25.7. The van der Waals surface area contributed by atoms with Crippen LogP contribution in [0.25, 0.3) is 0 Å². The quantitative estimate of drug-likeness (QED) is 0.289. The molecule has 0 bridgehead atoms. The number of nitrogens with zero attached hydrogens (tertiary/aromatic N) is 2. The first-order valence-electron chi connectivity index (χ1n) is 13.0. The fraction of sp³-hybridized carbons (Fsp3) is 0.333. The molecule has 0 radical (unpaired) electrons. The van der Waals surface area contributed by atoms with Gasteiger partial charge in [-0.3, -0.25) is 13.9 Å². The Morgan fingerprint density at radius 1 is 0.925 bits per heavy atom. The summed E-state index contributed by atoms with van der Waals surface area (Å²) < 4.78 is 29.1. The predicted molar refractivity (Wildman–Crippen MR) is 161 cm³/mol. The standard InChI is InChI=1S/C30H35Cl2N3O4S/c1-6-15-33-30(37)23(5)34(18-24-10-11-25(31)17-27(24)32)29(36)19-35(28-14-9-21(3)16-22(28)4)40(38,39)26-12-7-20(2)8-13-26/h7-14,16-17,23H,6,15,18-19H2,1-5H3,(H,33,37)/t23-/m0/s1. The van der Waals surface area contributed by atoms with Crippen molar-refractivity contribution in [3.63, 3.8) is 0 Å². The molecule has 214 valence electrons. The first kappa shape index (κ1) is 31.5.